The van der Waals surface area contributed by atoms with Gasteiger partial charge in [0.15, 0.2) is 0 Å². The number of halogens is 1. The molecule has 2 atom stereocenters. The van der Waals surface area contributed by atoms with Gasteiger partial charge < -0.3 is 10.0 Å². The average molecular weight is 342 g/mol. The maximum atomic E-state index is 13.0. The maximum absolute atomic E-state index is 13.0. The summed E-state index contributed by atoms with van der Waals surface area (Å²) in [5, 5.41) is 10.3. The molecule has 2 unspecified atom stereocenters. The highest BCUT2D eigenvalue weighted by molar-refractivity contribution is 5.18. The van der Waals surface area contributed by atoms with Crippen LogP contribution in [0, 0.1) is 11.7 Å². The van der Waals surface area contributed by atoms with Crippen molar-refractivity contribution in [1.29, 1.82) is 0 Å². The fourth-order valence-corrected chi connectivity index (χ4v) is 3.65. The van der Waals surface area contributed by atoms with Crippen LogP contribution in [0.5, 0.6) is 0 Å². The summed E-state index contributed by atoms with van der Waals surface area (Å²) in [6, 6.07) is 16.7. The van der Waals surface area contributed by atoms with E-state index in [2.05, 4.69) is 40.1 Å². The van der Waals surface area contributed by atoms with Crippen LogP contribution >= 0.6 is 0 Å². The Balaban J connectivity index is 1.44. The van der Waals surface area contributed by atoms with Crippen molar-refractivity contribution in [2.45, 2.75) is 19.1 Å². The molecule has 25 heavy (non-hydrogen) atoms. The van der Waals surface area contributed by atoms with Crippen molar-refractivity contribution < 1.29 is 9.50 Å². The highest BCUT2D eigenvalue weighted by Gasteiger charge is 2.24. The first kappa shape index (κ1) is 18.1. The lowest BCUT2D eigenvalue weighted by Gasteiger charge is -2.24. The Bertz CT molecular complexity index is 647. The monoisotopic (exact) mass is 342 g/mol. The molecule has 1 heterocycles. The van der Waals surface area contributed by atoms with Gasteiger partial charge in [-0.15, -0.1) is 0 Å². The van der Waals surface area contributed by atoms with Crippen molar-refractivity contribution in [3.63, 3.8) is 0 Å². The fraction of sp³-hybridized carbons (Fsp3) is 0.429. The molecular weight excluding hydrogens is 315 g/mol. The predicted molar refractivity (Wildman–Crippen MR) is 98.7 cm³/mol. The zero-order valence-corrected chi connectivity index (χ0v) is 14.8. The van der Waals surface area contributed by atoms with Gasteiger partial charge in [0.1, 0.15) is 5.82 Å². The van der Waals surface area contributed by atoms with Crippen LogP contribution in [0.3, 0.4) is 0 Å². The van der Waals surface area contributed by atoms with Crippen LogP contribution in [-0.4, -0.2) is 48.1 Å². The van der Waals surface area contributed by atoms with Gasteiger partial charge in [0.2, 0.25) is 0 Å². The molecule has 134 valence electrons. The number of benzene rings is 2. The Hall–Kier alpha value is -1.75. The molecule has 4 heteroatoms. The van der Waals surface area contributed by atoms with E-state index in [0.29, 0.717) is 12.5 Å². The van der Waals surface area contributed by atoms with Crippen LogP contribution < -0.4 is 0 Å². The normalized spacial score (nSPS) is 19.4. The molecule has 3 nitrogen and oxygen atoms in total. The molecule has 3 rings (SSSR count). The Labute approximate surface area is 149 Å². The van der Waals surface area contributed by atoms with Gasteiger partial charge in [-0.05, 0) is 49.2 Å². The molecule has 0 spiro atoms. The van der Waals surface area contributed by atoms with Crippen molar-refractivity contribution in [3.05, 3.63) is 71.5 Å². The number of aliphatic hydroxyl groups excluding tert-OH is 1. The van der Waals surface area contributed by atoms with E-state index in [1.165, 1.54) is 24.1 Å². The highest BCUT2D eigenvalue weighted by atomic mass is 19.1. The van der Waals surface area contributed by atoms with Crippen molar-refractivity contribution in [2.75, 3.05) is 33.2 Å². The van der Waals surface area contributed by atoms with E-state index in [0.717, 1.165) is 31.7 Å². The zero-order valence-electron chi connectivity index (χ0n) is 14.8. The van der Waals surface area contributed by atoms with E-state index in [-0.39, 0.29) is 5.82 Å². The third-order valence-corrected chi connectivity index (χ3v) is 4.93. The average Bonchev–Trinajstić information content (AvgIpc) is 3.03. The second-order valence-corrected chi connectivity index (χ2v) is 7.16. The smallest absolute Gasteiger partial charge is 0.123 e. The van der Waals surface area contributed by atoms with E-state index in [1.54, 1.807) is 12.1 Å². The summed E-state index contributed by atoms with van der Waals surface area (Å²) >= 11 is 0. The van der Waals surface area contributed by atoms with E-state index in [1.807, 2.05) is 7.05 Å². The summed E-state index contributed by atoms with van der Waals surface area (Å²) < 4.78 is 13.0. The molecule has 0 bridgehead atoms. The molecule has 2 aromatic rings. The predicted octanol–water partition coefficient (Wildman–Crippen LogP) is 3.31. The summed E-state index contributed by atoms with van der Waals surface area (Å²) in [7, 11) is 2.05. The van der Waals surface area contributed by atoms with Gasteiger partial charge in [0.05, 0.1) is 6.10 Å². The molecule has 1 fully saturated rings. The number of rotatable bonds is 7. The Morgan fingerprint density at radius 3 is 2.60 bits per heavy atom. The largest absolute Gasteiger partial charge is 0.387 e. The van der Waals surface area contributed by atoms with Gasteiger partial charge in [0, 0.05) is 26.2 Å². The van der Waals surface area contributed by atoms with Crippen LogP contribution in [0.1, 0.15) is 23.7 Å². The number of hydrogen-bond donors (Lipinski definition) is 1. The van der Waals surface area contributed by atoms with Crippen LogP contribution in [0.15, 0.2) is 54.6 Å². The van der Waals surface area contributed by atoms with Crippen LogP contribution in [0.2, 0.25) is 0 Å². The topological polar surface area (TPSA) is 26.7 Å². The van der Waals surface area contributed by atoms with Crippen LogP contribution in [0.25, 0.3) is 0 Å². The third kappa shape index (κ3) is 5.36. The number of nitrogens with zero attached hydrogens (tertiary/aromatic N) is 2. The lowest BCUT2D eigenvalue weighted by Crippen LogP contribution is -2.31. The van der Waals surface area contributed by atoms with E-state index in [4.69, 9.17) is 0 Å². The van der Waals surface area contributed by atoms with Gasteiger partial charge >= 0.3 is 0 Å². The lowest BCUT2D eigenvalue weighted by atomic mass is 10.1. The molecule has 2 aromatic carbocycles. The van der Waals surface area contributed by atoms with Gasteiger partial charge in [-0.3, -0.25) is 4.90 Å². The molecule has 1 aliphatic heterocycles. The van der Waals surface area contributed by atoms with Gasteiger partial charge in [-0.2, -0.15) is 0 Å². The first-order valence-corrected chi connectivity index (χ1v) is 8.98. The van der Waals surface area contributed by atoms with Crippen molar-refractivity contribution >= 4 is 0 Å². The summed E-state index contributed by atoms with van der Waals surface area (Å²) in [5.41, 5.74) is 2.13. The molecule has 0 amide bonds. The van der Waals surface area contributed by atoms with E-state index < -0.39 is 6.10 Å². The minimum atomic E-state index is -0.576. The van der Waals surface area contributed by atoms with Crippen LogP contribution in [0.4, 0.5) is 4.39 Å². The second-order valence-electron chi connectivity index (χ2n) is 7.16. The molecule has 0 aliphatic carbocycles. The Morgan fingerprint density at radius 1 is 1.16 bits per heavy atom. The summed E-state index contributed by atoms with van der Waals surface area (Å²) in [6.45, 7) is 4.80. The minimum absolute atomic E-state index is 0.270. The SMILES string of the molecule is CN(CC1CCN(Cc2ccccc2)C1)CC(O)c1ccc(F)cc1. The fourth-order valence-electron chi connectivity index (χ4n) is 3.65. The standard InChI is InChI=1S/C21H27FN2O/c1-23(16-21(25)19-7-9-20(22)10-8-19)13-18-11-12-24(15-18)14-17-5-3-2-4-6-17/h2-10,18,21,25H,11-16H2,1H3. The molecule has 1 N–H and O–H groups in total. The van der Waals surface area contributed by atoms with E-state index >= 15 is 0 Å². The minimum Gasteiger partial charge on any atom is -0.387 e. The van der Waals surface area contributed by atoms with Crippen LogP contribution in [-0.2, 0) is 6.54 Å². The summed E-state index contributed by atoms with van der Waals surface area (Å²) in [4.78, 5) is 4.69. The molecule has 0 radical (unpaired) electrons. The number of likely N-dealkylation sites (N-methyl/N-ethyl adjacent to an activating group) is 1. The van der Waals surface area contributed by atoms with Gasteiger partial charge in [0.25, 0.3) is 0 Å². The summed E-state index contributed by atoms with van der Waals surface area (Å²) in [5.74, 6) is 0.364. The number of hydrogen-bond acceptors (Lipinski definition) is 3. The Kier molecular flexibility index (Phi) is 6.19. The molecule has 1 aliphatic rings. The summed E-state index contributed by atoms with van der Waals surface area (Å²) in [6.07, 6.45) is 0.622. The second kappa shape index (κ2) is 8.56. The van der Waals surface area contributed by atoms with Crippen molar-refractivity contribution in [3.8, 4) is 0 Å². The number of aliphatic hydroxyl groups is 1. The quantitative estimate of drug-likeness (QED) is 0.836. The zero-order chi connectivity index (χ0) is 17.6. The molecule has 1 saturated heterocycles. The molecular formula is C21H27FN2O. The Morgan fingerprint density at radius 2 is 1.88 bits per heavy atom. The number of likely N-dealkylation sites (tertiary alicyclic amines) is 1. The van der Waals surface area contributed by atoms with Gasteiger partial charge in [-0.1, -0.05) is 42.5 Å². The maximum Gasteiger partial charge on any atom is 0.123 e. The van der Waals surface area contributed by atoms with E-state index in [9.17, 15) is 9.50 Å². The van der Waals surface area contributed by atoms with Crippen molar-refractivity contribution in [2.24, 2.45) is 5.92 Å². The first-order valence-electron chi connectivity index (χ1n) is 8.98. The third-order valence-electron chi connectivity index (χ3n) is 4.93. The molecule has 0 aromatic heterocycles. The lowest BCUT2D eigenvalue weighted by molar-refractivity contribution is 0.118. The molecule has 0 saturated carbocycles. The van der Waals surface area contributed by atoms with Gasteiger partial charge in [-0.25, -0.2) is 4.39 Å². The first-order chi connectivity index (χ1) is 12.1. The highest BCUT2D eigenvalue weighted by Crippen LogP contribution is 2.21. The van der Waals surface area contributed by atoms with Crippen molar-refractivity contribution in [1.82, 2.24) is 9.80 Å².